The van der Waals surface area contributed by atoms with E-state index in [2.05, 4.69) is 4.98 Å². The SMILES string of the molecule is Cc1ccc(Oc2ccc([N+](=O)[O-])cc2S(C)(=O)=O)cn1. The van der Waals surface area contributed by atoms with Crippen molar-refractivity contribution < 1.29 is 18.1 Å². The largest absolute Gasteiger partial charge is 0.454 e. The molecule has 1 aromatic heterocycles. The molecular weight excluding hydrogens is 296 g/mol. The van der Waals surface area contributed by atoms with Gasteiger partial charge in [-0.15, -0.1) is 0 Å². The Labute approximate surface area is 121 Å². The predicted molar refractivity (Wildman–Crippen MR) is 75.3 cm³/mol. The molecule has 0 saturated carbocycles. The Morgan fingerprint density at radius 1 is 1.24 bits per heavy atom. The Kier molecular flexibility index (Phi) is 3.90. The number of non-ortho nitro benzene ring substituents is 1. The van der Waals surface area contributed by atoms with Crippen LogP contribution in [-0.2, 0) is 9.84 Å². The van der Waals surface area contributed by atoms with Crippen LogP contribution in [0.2, 0.25) is 0 Å². The molecule has 110 valence electrons. The first-order valence-electron chi connectivity index (χ1n) is 5.86. The summed E-state index contributed by atoms with van der Waals surface area (Å²) in [6, 6.07) is 6.77. The van der Waals surface area contributed by atoms with Gasteiger partial charge in [0.25, 0.3) is 5.69 Å². The first-order chi connectivity index (χ1) is 9.77. The lowest BCUT2D eigenvalue weighted by molar-refractivity contribution is -0.385. The van der Waals surface area contributed by atoms with Crippen molar-refractivity contribution in [1.29, 1.82) is 0 Å². The minimum Gasteiger partial charge on any atom is -0.454 e. The summed E-state index contributed by atoms with van der Waals surface area (Å²) < 4.78 is 29.0. The molecule has 0 unspecified atom stereocenters. The third-order valence-corrected chi connectivity index (χ3v) is 3.77. The molecule has 2 rings (SSSR count). The number of aryl methyl sites for hydroxylation is 1. The second-order valence-corrected chi connectivity index (χ2v) is 6.38. The van der Waals surface area contributed by atoms with Gasteiger partial charge in [0, 0.05) is 24.1 Å². The van der Waals surface area contributed by atoms with E-state index in [0.29, 0.717) is 5.75 Å². The van der Waals surface area contributed by atoms with E-state index in [9.17, 15) is 18.5 Å². The summed E-state index contributed by atoms with van der Waals surface area (Å²) in [5, 5.41) is 10.7. The van der Waals surface area contributed by atoms with Gasteiger partial charge in [0.2, 0.25) is 0 Å². The van der Waals surface area contributed by atoms with Crippen molar-refractivity contribution in [1.82, 2.24) is 4.98 Å². The fraction of sp³-hybridized carbons (Fsp3) is 0.154. The molecule has 0 aliphatic rings. The summed E-state index contributed by atoms with van der Waals surface area (Å²) >= 11 is 0. The van der Waals surface area contributed by atoms with Crippen LogP contribution in [0.5, 0.6) is 11.5 Å². The van der Waals surface area contributed by atoms with Gasteiger partial charge in [-0.1, -0.05) is 0 Å². The van der Waals surface area contributed by atoms with Crippen molar-refractivity contribution in [2.75, 3.05) is 6.26 Å². The average Bonchev–Trinajstić information content (AvgIpc) is 2.40. The summed E-state index contributed by atoms with van der Waals surface area (Å²) in [5.41, 5.74) is 0.471. The van der Waals surface area contributed by atoms with E-state index >= 15 is 0 Å². The van der Waals surface area contributed by atoms with Gasteiger partial charge in [-0.25, -0.2) is 8.42 Å². The zero-order valence-electron chi connectivity index (χ0n) is 11.3. The topological polar surface area (TPSA) is 99.4 Å². The van der Waals surface area contributed by atoms with Crippen molar-refractivity contribution in [2.45, 2.75) is 11.8 Å². The summed E-state index contributed by atoms with van der Waals surface area (Å²) in [6.45, 7) is 1.80. The molecule has 0 bridgehead atoms. The molecule has 1 heterocycles. The molecule has 0 N–H and O–H groups in total. The molecule has 7 nitrogen and oxygen atoms in total. The number of sulfone groups is 1. The highest BCUT2D eigenvalue weighted by molar-refractivity contribution is 7.90. The molecule has 0 atom stereocenters. The fourth-order valence-corrected chi connectivity index (χ4v) is 2.44. The molecule has 1 aromatic carbocycles. The van der Waals surface area contributed by atoms with Gasteiger partial charge in [0.1, 0.15) is 16.4 Å². The van der Waals surface area contributed by atoms with Crippen molar-refractivity contribution in [2.24, 2.45) is 0 Å². The quantitative estimate of drug-likeness (QED) is 0.635. The Morgan fingerprint density at radius 3 is 2.48 bits per heavy atom. The second kappa shape index (κ2) is 5.49. The van der Waals surface area contributed by atoms with Gasteiger partial charge in [0.15, 0.2) is 9.84 Å². The Bertz CT molecular complexity index is 785. The fourth-order valence-electron chi connectivity index (χ4n) is 1.63. The number of aromatic nitrogens is 1. The summed E-state index contributed by atoms with van der Waals surface area (Å²) in [5.74, 6) is 0.369. The van der Waals surface area contributed by atoms with Gasteiger partial charge >= 0.3 is 0 Å². The van der Waals surface area contributed by atoms with Crippen LogP contribution in [0.15, 0.2) is 41.4 Å². The molecule has 0 saturated heterocycles. The Hall–Kier alpha value is -2.48. The monoisotopic (exact) mass is 308 g/mol. The highest BCUT2D eigenvalue weighted by atomic mass is 32.2. The zero-order valence-corrected chi connectivity index (χ0v) is 12.1. The minimum atomic E-state index is -3.67. The van der Waals surface area contributed by atoms with Crippen molar-refractivity contribution in [3.63, 3.8) is 0 Å². The zero-order chi connectivity index (χ0) is 15.6. The Balaban J connectivity index is 2.48. The van der Waals surface area contributed by atoms with Gasteiger partial charge in [0.05, 0.1) is 11.1 Å². The van der Waals surface area contributed by atoms with E-state index in [-0.39, 0.29) is 16.3 Å². The van der Waals surface area contributed by atoms with E-state index in [1.165, 1.54) is 18.3 Å². The lowest BCUT2D eigenvalue weighted by Crippen LogP contribution is -2.02. The van der Waals surface area contributed by atoms with E-state index in [1.807, 2.05) is 0 Å². The summed E-state index contributed by atoms with van der Waals surface area (Å²) in [4.78, 5) is 13.9. The first-order valence-corrected chi connectivity index (χ1v) is 7.75. The molecular formula is C13H12N2O5S. The van der Waals surface area contributed by atoms with Gasteiger partial charge < -0.3 is 4.74 Å². The van der Waals surface area contributed by atoms with E-state index in [1.54, 1.807) is 19.1 Å². The van der Waals surface area contributed by atoms with Crippen molar-refractivity contribution in [3.8, 4) is 11.5 Å². The molecule has 21 heavy (non-hydrogen) atoms. The highest BCUT2D eigenvalue weighted by Gasteiger charge is 2.20. The molecule has 8 heteroatoms. The van der Waals surface area contributed by atoms with Crippen LogP contribution < -0.4 is 4.74 Å². The first kappa shape index (κ1) is 14.9. The number of nitrogens with zero attached hydrogens (tertiary/aromatic N) is 2. The molecule has 0 spiro atoms. The molecule has 0 amide bonds. The van der Waals surface area contributed by atoms with Crippen molar-refractivity contribution in [3.05, 3.63) is 52.3 Å². The molecule has 0 fully saturated rings. The molecule has 0 radical (unpaired) electrons. The van der Waals surface area contributed by atoms with Crippen molar-refractivity contribution >= 4 is 15.5 Å². The number of nitro benzene ring substituents is 1. The van der Waals surface area contributed by atoms with Gasteiger partial charge in [-0.3, -0.25) is 15.1 Å². The van der Waals surface area contributed by atoms with Crippen LogP contribution >= 0.6 is 0 Å². The maximum Gasteiger partial charge on any atom is 0.271 e. The van der Waals surface area contributed by atoms with E-state index in [0.717, 1.165) is 18.0 Å². The van der Waals surface area contributed by atoms with Crippen LogP contribution in [0.4, 0.5) is 5.69 Å². The molecule has 2 aromatic rings. The number of rotatable bonds is 4. The van der Waals surface area contributed by atoms with Crippen LogP contribution in [0.25, 0.3) is 0 Å². The highest BCUT2D eigenvalue weighted by Crippen LogP contribution is 2.31. The normalized spacial score (nSPS) is 11.1. The third kappa shape index (κ3) is 3.54. The number of benzene rings is 1. The van der Waals surface area contributed by atoms with Gasteiger partial charge in [-0.2, -0.15) is 0 Å². The number of pyridine rings is 1. The number of hydrogen-bond donors (Lipinski definition) is 0. The smallest absolute Gasteiger partial charge is 0.271 e. The maximum atomic E-state index is 11.8. The third-order valence-electron chi connectivity index (χ3n) is 2.65. The Morgan fingerprint density at radius 2 is 1.95 bits per heavy atom. The minimum absolute atomic E-state index is 0.0220. The molecule has 0 aliphatic carbocycles. The maximum absolute atomic E-state index is 11.8. The van der Waals surface area contributed by atoms with Gasteiger partial charge in [-0.05, 0) is 25.1 Å². The number of ether oxygens (including phenoxy) is 1. The average molecular weight is 308 g/mol. The number of nitro groups is 1. The van der Waals surface area contributed by atoms with Crippen LogP contribution in [0.1, 0.15) is 5.69 Å². The standard InChI is InChI=1S/C13H12N2O5S/c1-9-3-5-11(8-14-9)20-12-6-4-10(15(16)17)7-13(12)21(2,18)19/h3-8H,1-2H3. The van der Waals surface area contributed by atoms with Crippen LogP contribution in [0, 0.1) is 17.0 Å². The second-order valence-electron chi connectivity index (χ2n) is 4.40. The number of hydrogen-bond acceptors (Lipinski definition) is 6. The van der Waals surface area contributed by atoms with E-state index < -0.39 is 14.8 Å². The van der Waals surface area contributed by atoms with E-state index in [4.69, 9.17) is 4.74 Å². The van der Waals surface area contributed by atoms with Crippen LogP contribution in [-0.4, -0.2) is 24.6 Å². The predicted octanol–water partition coefficient (Wildman–Crippen LogP) is 2.49. The molecule has 0 aliphatic heterocycles. The summed E-state index contributed by atoms with van der Waals surface area (Å²) in [7, 11) is -3.67. The van der Waals surface area contributed by atoms with Crippen LogP contribution in [0.3, 0.4) is 0 Å². The lowest BCUT2D eigenvalue weighted by Gasteiger charge is -2.09. The summed E-state index contributed by atoms with van der Waals surface area (Å²) in [6.07, 6.45) is 2.41. The lowest BCUT2D eigenvalue weighted by atomic mass is 10.3.